The predicted octanol–water partition coefficient (Wildman–Crippen LogP) is 2.41. The van der Waals surface area contributed by atoms with Gasteiger partial charge in [-0.2, -0.15) is 0 Å². The molecule has 0 radical (unpaired) electrons. The lowest BCUT2D eigenvalue weighted by molar-refractivity contribution is -0.144. The van der Waals surface area contributed by atoms with E-state index in [2.05, 4.69) is 21.2 Å². The zero-order valence-corrected chi connectivity index (χ0v) is 13.0. The Morgan fingerprint density at radius 3 is 2.75 bits per heavy atom. The first kappa shape index (κ1) is 15.1. The summed E-state index contributed by atoms with van der Waals surface area (Å²) in [6.07, 6.45) is 5.40. The van der Waals surface area contributed by atoms with Gasteiger partial charge in [0, 0.05) is 24.3 Å². The number of carbonyl (C=O) groups is 2. The molecule has 0 aliphatic heterocycles. The van der Waals surface area contributed by atoms with Crippen molar-refractivity contribution in [3.8, 4) is 0 Å². The Labute approximate surface area is 126 Å². The van der Waals surface area contributed by atoms with E-state index in [1.807, 2.05) is 6.20 Å². The third kappa shape index (κ3) is 3.42. The van der Waals surface area contributed by atoms with Crippen molar-refractivity contribution in [2.75, 3.05) is 6.54 Å². The molecule has 6 heteroatoms. The van der Waals surface area contributed by atoms with Crippen LogP contribution in [0.4, 0.5) is 0 Å². The monoisotopic (exact) mass is 342 g/mol. The molecule has 2 atom stereocenters. The zero-order valence-electron chi connectivity index (χ0n) is 11.4. The Kier molecular flexibility index (Phi) is 4.86. The van der Waals surface area contributed by atoms with E-state index in [-0.39, 0.29) is 17.7 Å². The predicted molar refractivity (Wildman–Crippen MR) is 78.5 cm³/mol. The molecule has 0 saturated heterocycles. The molecule has 1 aliphatic carbocycles. The van der Waals surface area contributed by atoms with E-state index in [0.717, 1.165) is 23.7 Å². The molecule has 2 N–H and O–H groups in total. The summed E-state index contributed by atoms with van der Waals surface area (Å²) >= 11 is 3.33. The highest BCUT2D eigenvalue weighted by Gasteiger charge is 2.31. The van der Waals surface area contributed by atoms with Gasteiger partial charge in [0.2, 0.25) is 0 Å². The van der Waals surface area contributed by atoms with E-state index in [1.54, 1.807) is 17.7 Å². The fourth-order valence-corrected chi connectivity index (χ4v) is 3.37. The minimum atomic E-state index is -0.745. The van der Waals surface area contributed by atoms with Gasteiger partial charge in [0.25, 0.3) is 5.91 Å². The molecular weight excluding hydrogens is 324 g/mol. The number of carboxylic acids is 1. The van der Waals surface area contributed by atoms with E-state index in [1.165, 1.54) is 0 Å². The summed E-state index contributed by atoms with van der Waals surface area (Å²) in [7, 11) is 1.81. The van der Waals surface area contributed by atoms with Crippen molar-refractivity contribution in [3.05, 3.63) is 22.4 Å². The summed E-state index contributed by atoms with van der Waals surface area (Å²) in [4.78, 5) is 23.3. The molecule has 1 fully saturated rings. The smallest absolute Gasteiger partial charge is 0.306 e. The molecule has 20 heavy (non-hydrogen) atoms. The first-order chi connectivity index (χ1) is 9.49. The van der Waals surface area contributed by atoms with Crippen molar-refractivity contribution in [2.45, 2.75) is 25.7 Å². The number of hydrogen-bond donors (Lipinski definition) is 2. The van der Waals surface area contributed by atoms with E-state index in [0.29, 0.717) is 18.7 Å². The molecule has 1 aromatic rings. The Morgan fingerprint density at radius 2 is 2.15 bits per heavy atom. The number of rotatable bonds is 4. The van der Waals surface area contributed by atoms with Crippen LogP contribution in [-0.4, -0.2) is 28.1 Å². The molecule has 110 valence electrons. The van der Waals surface area contributed by atoms with Gasteiger partial charge in [0.1, 0.15) is 5.69 Å². The lowest BCUT2D eigenvalue weighted by atomic mass is 9.79. The number of carboxylic acid groups (broad SMARTS) is 1. The highest BCUT2D eigenvalue weighted by Crippen LogP contribution is 2.29. The number of halogens is 1. The standard InChI is InChI=1S/C14H19BrN2O3/c1-17-8-10(15)6-12(17)13(18)16-7-9-4-2-3-5-11(9)14(19)20/h6,8-9,11H,2-5,7H2,1H3,(H,16,18)(H,19,20). The van der Waals surface area contributed by atoms with Crippen LogP contribution in [0.25, 0.3) is 0 Å². The second-order valence-electron chi connectivity index (χ2n) is 5.35. The molecule has 1 aliphatic rings. The minimum absolute atomic E-state index is 0.0360. The van der Waals surface area contributed by atoms with Crippen molar-refractivity contribution >= 4 is 27.8 Å². The van der Waals surface area contributed by atoms with Crippen LogP contribution >= 0.6 is 15.9 Å². The van der Waals surface area contributed by atoms with Gasteiger partial charge in [-0.25, -0.2) is 0 Å². The maximum atomic E-state index is 12.1. The van der Waals surface area contributed by atoms with E-state index < -0.39 is 5.97 Å². The van der Waals surface area contributed by atoms with Crippen molar-refractivity contribution in [1.29, 1.82) is 0 Å². The van der Waals surface area contributed by atoms with Crippen LogP contribution in [0.5, 0.6) is 0 Å². The summed E-state index contributed by atoms with van der Waals surface area (Å²) in [5.74, 6) is -1.20. The fourth-order valence-electron chi connectivity index (χ4n) is 2.84. The Hall–Kier alpha value is -1.30. The molecule has 2 rings (SSSR count). The quantitative estimate of drug-likeness (QED) is 0.882. The number of aromatic nitrogens is 1. The summed E-state index contributed by atoms with van der Waals surface area (Å²) in [5.41, 5.74) is 0.569. The number of nitrogens with one attached hydrogen (secondary N) is 1. The van der Waals surface area contributed by atoms with Crippen LogP contribution in [0.15, 0.2) is 16.7 Å². The second kappa shape index (κ2) is 6.43. The molecule has 0 spiro atoms. The maximum absolute atomic E-state index is 12.1. The van der Waals surface area contributed by atoms with Crippen molar-refractivity contribution < 1.29 is 14.7 Å². The number of hydrogen-bond acceptors (Lipinski definition) is 2. The number of amides is 1. The largest absolute Gasteiger partial charge is 0.481 e. The highest BCUT2D eigenvalue weighted by atomic mass is 79.9. The van der Waals surface area contributed by atoms with E-state index in [4.69, 9.17) is 0 Å². The number of carbonyl (C=O) groups excluding carboxylic acids is 1. The molecule has 0 bridgehead atoms. The molecule has 1 amide bonds. The maximum Gasteiger partial charge on any atom is 0.306 e. The molecule has 0 aromatic carbocycles. The number of aliphatic carboxylic acids is 1. The molecule has 1 heterocycles. The second-order valence-corrected chi connectivity index (χ2v) is 6.27. The summed E-state index contributed by atoms with van der Waals surface area (Å²) in [6.45, 7) is 0.429. The van der Waals surface area contributed by atoms with Gasteiger partial charge >= 0.3 is 5.97 Å². The highest BCUT2D eigenvalue weighted by molar-refractivity contribution is 9.10. The lowest BCUT2D eigenvalue weighted by Crippen LogP contribution is -2.37. The summed E-state index contributed by atoms with van der Waals surface area (Å²) in [6, 6.07) is 1.75. The van der Waals surface area contributed by atoms with Crippen LogP contribution < -0.4 is 5.32 Å². The Balaban J connectivity index is 1.95. The van der Waals surface area contributed by atoms with Crippen LogP contribution in [-0.2, 0) is 11.8 Å². The molecule has 2 unspecified atom stereocenters. The normalized spacial score (nSPS) is 22.5. The van der Waals surface area contributed by atoms with Crippen LogP contribution in [0, 0.1) is 11.8 Å². The van der Waals surface area contributed by atoms with Gasteiger partial charge in [-0.3, -0.25) is 9.59 Å². The van der Waals surface area contributed by atoms with Gasteiger partial charge in [0.15, 0.2) is 0 Å². The third-order valence-electron chi connectivity index (χ3n) is 3.96. The average molecular weight is 343 g/mol. The van der Waals surface area contributed by atoms with Gasteiger partial charge in [-0.05, 0) is 40.8 Å². The van der Waals surface area contributed by atoms with E-state index >= 15 is 0 Å². The molecule has 5 nitrogen and oxygen atoms in total. The van der Waals surface area contributed by atoms with Gasteiger partial charge < -0.3 is 15.0 Å². The van der Waals surface area contributed by atoms with Crippen LogP contribution in [0.3, 0.4) is 0 Å². The van der Waals surface area contributed by atoms with Crippen LogP contribution in [0.2, 0.25) is 0 Å². The van der Waals surface area contributed by atoms with Gasteiger partial charge in [0.05, 0.1) is 5.92 Å². The van der Waals surface area contributed by atoms with Crippen molar-refractivity contribution in [3.63, 3.8) is 0 Å². The fraction of sp³-hybridized carbons (Fsp3) is 0.571. The van der Waals surface area contributed by atoms with E-state index in [9.17, 15) is 14.7 Å². The first-order valence-electron chi connectivity index (χ1n) is 6.82. The Bertz CT molecular complexity index is 513. The summed E-state index contributed by atoms with van der Waals surface area (Å²) < 4.78 is 2.60. The molecule has 1 aromatic heterocycles. The third-order valence-corrected chi connectivity index (χ3v) is 4.39. The summed E-state index contributed by atoms with van der Waals surface area (Å²) in [5, 5.41) is 12.1. The average Bonchev–Trinajstić information content (AvgIpc) is 2.75. The number of nitrogens with zero attached hydrogens (tertiary/aromatic N) is 1. The minimum Gasteiger partial charge on any atom is -0.481 e. The topological polar surface area (TPSA) is 71.3 Å². The molecular formula is C14H19BrN2O3. The van der Waals surface area contributed by atoms with Crippen molar-refractivity contribution in [1.82, 2.24) is 9.88 Å². The molecule has 1 saturated carbocycles. The van der Waals surface area contributed by atoms with Gasteiger partial charge in [-0.1, -0.05) is 12.8 Å². The SMILES string of the molecule is Cn1cc(Br)cc1C(=O)NCC1CCCCC1C(=O)O. The van der Waals surface area contributed by atoms with Gasteiger partial charge in [-0.15, -0.1) is 0 Å². The Morgan fingerprint density at radius 1 is 1.45 bits per heavy atom. The van der Waals surface area contributed by atoms with Crippen LogP contribution in [0.1, 0.15) is 36.2 Å². The van der Waals surface area contributed by atoms with Crippen molar-refractivity contribution in [2.24, 2.45) is 18.9 Å². The zero-order chi connectivity index (χ0) is 14.7. The first-order valence-corrected chi connectivity index (χ1v) is 7.61. The lowest BCUT2D eigenvalue weighted by Gasteiger charge is -2.28. The number of aryl methyl sites for hydroxylation is 1.